The molecule has 1 aromatic heterocycles. The first kappa shape index (κ1) is 19.0. The highest BCUT2D eigenvalue weighted by Gasteiger charge is 2.30. The average Bonchev–Trinajstić information content (AvgIpc) is 3.24. The van der Waals surface area contributed by atoms with E-state index in [-0.39, 0.29) is 28.4 Å². The minimum absolute atomic E-state index is 0.000967. The fourth-order valence-electron chi connectivity index (χ4n) is 3.45. The molecular weight excluding hydrogens is 396 g/mol. The summed E-state index contributed by atoms with van der Waals surface area (Å²) in [7, 11) is -3.30. The predicted molar refractivity (Wildman–Crippen MR) is 110 cm³/mol. The number of carbonyl (C=O) groups is 1. The lowest BCUT2D eigenvalue weighted by atomic mass is 10.1. The van der Waals surface area contributed by atoms with Crippen LogP contribution in [0, 0.1) is 0 Å². The molecule has 0 fully saturated rings. The standard InChI is InChI=1S/C20H20N2O4S2/c1-3-28(24,25)15-8-9-18-16(11-15)21-20(26-18)27-12-19(23)22-13(2)10-14-6-4-5-7-17(14)22/h4-9,11,13H,3,10,12H2,1-2H3/t13-/m1/s1. The number of oxazole rings is 1. The number of nitrogens with zero attached hydrogens (tertiary/aromatic N) is 2. The van der Waals surface area contributed by atoms with Gasteiger partial charge in [-0.2, -0.15) is 0 Å². The van der Waals surface area contributed by atoms with E-state index in [1.165, 1.54) is 29.5 Å². The van der Waals surface area contributed by atoms with E-state index in [1.807, 2.05) is 30.0 Å². The van der Waals surface area contributed by atoms with Crippen molar-refractivity contribution in [2.45, 2.75) is 36.4 Å². The number of aromatic nitrogens is 1. The summed E-state index contributed by atoms with van der Waals surface area (Å²) < 4.78 is 29.7. The highest BCUT2D eigenvalue weighted by atomic mass is 32.2. The zero-order valence-electron chi connectivity index (χ0n) is 15.6. The summed E-state index contributed by atoms with van der Waals surface area (Å²) in [4.78, 5) is 19.2. The van der Waals surface area contributed by atoms with E-state index in [2.05, 4.69) is 11.1 Å². The molecule has 4 rings (SSSR count). The van der Waals surface area contributed by atoms with Gasteiger partial charge in [-0.3, -0.25) is 4.79 Å². The fourth-order valence-corrected chi connectivity index (χ4v) is 5.04. The molecular formula is C20H20N2O4S2. The number of para-hydroxylation sites is 1. The lowest BCUT2D eigenvalue weighted by Crippen LogP contribution is -2.36. The third-order valence-corrected chi connectivity index (χ3v) is 7.42. The lowest BCUT2D eigenvalue weighted by Gasteiger charge is -2.22. The molecule has 0 radical (unpaired) electrons. The van der Waals surface area contributed by atoms with Crippen LogP contribution >= 0.6 is 11.8 Å². The topological polar surface area (TPSA) is 80.5 Å². The molecule has 146 valence electrons. The Morgan fingerprint density at radius 3 is 2.86 bits per heavy atom. The van der Waals surface area contributed by atoms with Crippen LogP contribution in [0.3, 0.4) is 0 Å². The van der Waals surface area contributed by atoms with Gasteiger partial charge in [0.1, 0.15) is 5.52 Å². The van der Waals surface area contributed by atoms with E-state index in [9.17, 15) is 13.2 Å². The molecule has 6 nitrogen and oxygen atoms in total. The van der Waals surface area contributed by atoms with Crippen molar-refractivity contribution in [1.82, 2.24) is 4.98 Å². The van der Waals surface area contributed by atoms with Gasteiger partial charge in [0.05, 0.1) is 16.4 Å². The third kappa shape index (κ3) is 3.42. The van der Waals surface area contributed by atoms with Gasteiger partial charge in [0.25, 0.3) is 5.22 Å². The molecule has 1 aliphatic heterocycles. The van der Waals surface area contributed by atoms with Crippen molar-refractivity contribution in [2.75, 3.05) is 16.4 Å². The summed E-state index contributed by atoms with van der Waals surface area (Å²) in [5, 5.41) is 0.356. The number of thioether (sulfide) groups is 1. The molecule has 0 unspecified atom stereocenters. The summed E-state index contributed by atoms with van der Waals surface area (Å²) in [6.45, 7) is 3.64. The smallest absolute Gasteiger partial charge is 0.257 e. The second kappa shape index (κ2) is 7.25. The number of amides is 1. The Hall–Kier alpha value is -2.32. The maximum atomic E-state index is 12.8. The highest BCUT2D eigenvalue weighted by molar-refractivity contribution is 7.99. The first-order chi connectivity index (χ1) is 13.4. The van der Waals surface area contributed by atoms with Crippen molar-refractivity contribution in [1.29, 1.82) is 0 Å². The summed E-state index contributed by atoms with van der Waals surface area (Å²) in [5.74, 6) is 0.229. The third-order valence-electron chi connectivity index (χ3n) is 4.87. The molecule has 0 saturated carbocycles. The molecule has 2 heterocycles. The van der Waals surface area contributed by atoms with Gasteiger partial charge < -0.3 is 9.32 Å². The van der Waals surface area contributed by atoms with Crippen LogP contribution in [0.25, 0.3) is 11.1 Å². The van der Waals surface area contributed by atoms with Gasteiger partial charge in [0, 0.05) is 11.7 Å². The number of benzene rings is 2. The number of hydrogen-bond donors (Lipinski definition) is 0. The zero-order chi connectivity index (χ0) is 19.9. The van der Waals surface area contributed by atoms with E-state index >= 15 is 0 Å². The van der Waals surface area contributed by atoms with Crippen LogP contribution in [0.15, 0.2) is 57.0 Å². The van der Waals surface area contributed by atoms with Gasteiger partial charge in [-0.05, 0) is 43.2 Å². The number of anilines is 1. The minimum Gasteiger partial charge on any atom is -0.431 e. The SMILES string of the molecule is CCS(=O)(=O)c1ccc2oc(SCC(=O)N3c4ccccc4C[C@H]3C)nc2c1. The number of rotatable bonds is 5. The molecule has 0 bridgehead atoms. The number of sulfone groups is 1. The fraction of sp³-hybridized carbons (Fsp3) is 0.300. The Morgan fingerprint density at radius 2 is 2.07 bits per heavy atom. The Morgan fingerprint density at radius 1 is 1.29 bits per heavy atom. The van der Waals surface area contributed by atoms with Crippen LogP contribution in [-0.2, 0) is 21.1 Å². The minimum atomic E-state index is -3.30. The molecule has 1 aliphatic rings. The number of carbonyl (C=O) groups excluding carboxylic acids is 1. The van der Waals surface area contributed by atoms with E-state index < -0.39 is 9.84 Å². The van der Waals surface area contributed by atoms with Gasteiger partial charge in [-0.1, -0.05) is 36.9 Å². The molecule has 2 aromatic carbocycles. The monoisotopic (exact) mass is 416 g/mol. The summed E-state index contributed by atoms with van der Waals surface area (Å²) >= 11 is 1.22. The summed E-state index contributed by atoms with van der Waals surface area (Å²) in [6.07, 6.45) is 0.851. The van der Waals surface area contributed by atoms with E-state index in [0.29, 0.717) is 16.3 Å². The largest absolute Gasteiger partial charge is 0.431 e. The van der Waals surface area contributed by atoms with Crippen molar-refractivity contribution < 1.29 is 17.6 Å². The van der Waals surface area contributed by atoms with Crippen molar-refractivity contribution in [3.05, 3.63) is 48.0 Å². The van der Waals surface area contributed by atoms with Gasteiger partial charge in [0.2, 0.25) is 5.91 Å². The van der Waals surface area contributed by atoms with Crippen LogP contribution in [0.2, 0.25) is 0 Å². The molecule has 8 heteroatoms. The highest BCUT2D eigenvalue weighted by Crippen LogP contribution is 2.33. The van der Waals surface area contributed by atoms with E-state index in [1.54, 1.807) is 13.0 Å². The molecule has 1 amide bonds. The Bertz CT molecular complexity index is 1150. The summed E-state index contributed by atoms with van der Waals surface area (Å²) in [6, 6.07) is 12.7. The van der Waals surface area contributed by atoms with E-state index in [4.69, 9.17) is 4.42 Å². The van der Waals surface area contributed by atoms with Crippen molar-refractivity contribution in [3.8, 4) is 0 Å². The van der Waals surface area contributed by atoms with E-state index in [0.717, 1.165) is 12.1 Å². The Labute approximate surface area is 167 Å². The first-order valence-electron chi connectivity index (χ1n) is 9.05. The van der Waals surface area contributed by atoms with Crippen molar-refractivity contribution >= 4 is 44.3 Å². The zero-order valence-corrected chi connectivity index (χ0v) is 17.2. The Balaban J connectivity index is 1.51. The van der Waals surface area contributed by atoms with Crippen LogP contribution in [0.1, 0.15) is 19.4 Å². The van der Waals surface area contributed by atoms with Gasteiger partial charge in [-0.15, -0.1) is 0 Å². The molecule has 3 aromatic rings. The van der Waals surface area contributed by atoms with Crippen molar-refractivity contribution in [2.24, 2.45) is 0 Å². The second-order valence-corrected chi connectivity index (χ2v) is 9.95. The lowest BCUT2D eigenvalue weighted by molar-refractivity contribution is -0.116. The van der Waals surface area contributed by atoms with Crippen molar-refractivity contribution in [3.63, 3.8) is 0 Å². The van der Waals surface area contributed by atoms with Gasteiger partial charge >= 0.3 is 0 Å². The molecule has 0 aliphatic carbocycles. The predicted octanol–water partition coefficient (Wildman–Crippen LogP) is 3.69. The van der Waals surface area contributed by atoms with Gasteiger partial charge in [-0.25, -0.2) is 13.4 Å². The molecule has 0 spiro atoms. The van der Waals surface area contributed by atoms with Gasteiger partial charge in [0.15, 0.2) is 15.4 Å². The number of hydrogen-bond acceptors (Lipinski definition) is 6. The summed E-state index contributed by atoms with van der Waals surface area (Å²) in [5.41, 5.74) is 3.13. The normalized spacial score (nSPS) is 16.5. The first-order valence-corrected chi connectivity index (χ1v) is 11.7. The molecule has 0 N–H and O–H groups in total. The quantitative estimate of drug-likeness (QED) is 0.590. The average molecular weight is 417 g/mol. The maximum Gasteiger partial charge on any atom is 0.257 e. The second-order valence-electron chi connectivity index (χ2n) is 6.75. The van der Waals surface area contributed by atoms with Crippen LogP contribution in [0.5, 0.6) is 0 Å². The molecule has 1 atom stereocenters. The van der Waals surface area contributed by atoms with Crippen LogP contribution in [0.4, 0.5) is 5.69 Å². The molecule has 0 saturated heterocycles. The van der Waals surface area contributed by atoms with Crippen LogP contribution in [-0.4, -0.2) is 36.9 Å². The van der Waals surface area contributed by atoms with Crippen LogP contribution < -0.4 is 4.90 Å². The maximum absolute atomic E-state index is 12.8. The molecule has 28 heavy (non-hydrogen) atoms. The number of fused-ring (bicyclic) bond motifs is 2. The Kier molecular flexibility index (Phi) is 4.93.